The summed E-state index contributed by atoms with van der Waals surface area (Å²) < 4.78 is 5.54. The Bertz CT molecular complexity index is 363. The van der Waals surface area contributed by atoms with Crippen LogP contribution in [0.1, 0.15) is 50.8 Å². The number of hydrogen-bond acceptors (Lipinski definition) is 3. The minimum Gasteiger partial charge on any atom is -0.379 e. The number of hydrogen-bond donors (Lipinski definition) is 1. The average molecular weight is 250 g/mol. The van der Waals surface area contributed by atoms with Crippen LogP contribution >= 0.6 is 0 Å². The lowest BCUT2D eigenvalue weighted by Crippen LogP contribution is -2.32. The number of methoxy groups -OCH3 is 1. The second kappa shape index (κ2) is 6.86. The van der Waals surface area contributed by atoms with Crippen LogP contribution in [-0.4, -0.2) is 24.2 Å². The van der Waals surface area contributed by atoms with E-state index in [0.29, 0.717) is 6.04 Å². The van der Waals surface area contributed by atoms with E-state index in [-0.39, 0.29) is 5.60 Å². The highest BCUT2D eigenvalue weighted by Crippen LogP contribution is 2.26. The van der Waals surface area contributed by atoms with Crippen LogP contribution < -0.4 is 5.32 Å². The molecule has 0 radical (unpaired) electrons. The largest absolute Gasteiger partial charge is 0.379 e. The summed E-state index contributed by atoms with van der Waals surface area (Å²) in [6, 6.07) is 2.50. The molecule has 1 rings (SSSR count). The van der Waals surface area contributed by atoms with Crippen molar-refractivity contribution >= 4 is 0 Å². The van der Waals surface area contributed by atoms with Crippen LogP contribution in [0.2, 0.25) is 0 Å². The zero-order valence-corrected chi connectivity index (χ0v) is 12.3. The monoisotopic (exact) mass is 250 g/mol. The van der Waals surface area contributed by atoms with Crippen LogP contribution in [-0.2, 0) is 4.74 Å². The number of ether oxygens (including phenoxy) is 1. The van der Waals surface area contributed by atoms with Gasteiger partial charge in [0.1, 0.15) is 0 Å². The van der Waals surface area contributed by atoms with E-state index in [2.05, 4.69) is 44.1 Å². The molecule has 0 aromatic carbocycles. The van der Waals surface area contributed by atoms with E-state index in [1.165, 1.54) is 11.1 Å². The van der Waals surface area contributed by atoms with Gasteiger partial charge in [-0.15, -0.1) is 0 Å². The molecular weight excluding hydrogens is 224 g/mol. The smallest absolute Gasteiger partial charge is 0.0640 e. The molecule has 3 heteroatoms. The van der Waals surface area contributed by atoms with Crippen LogP contribution in [0.15, 0.2) is 18.5 Å². The molecule has 0 aliphatic rings. The quantitative estimate of drug-likeness (QED) is 0.806. The summed E-state index contributed by atoms with van der Waals surface area (Å²) in [5.74, 6) is 0. The van der Waals surface area contributed by atoms with Crippen molar-refractivity contribution in [2.24, 2.45) is 0 Å². The number of aromatic nitrogens is 1. The van der Waals surface area contributed by atoms with E-state index in [4.69, 9.17) is 4.74 Å². The zero-order valence-electron chi connectivity index (χ0n) is 12.3. The van der Waals surface area contributed by atoms with Crippen molar-refractivity contribution < 1.29 is 4.74 Å². The molecule has 0 spiro atoms. The van der Waals surface area contributed by atoms with Gasteiger partial charge in [0.2, 0.25) is 0 Å². The molecular formula is C15H26N2O. The van der Waals surface area contributed by atoms with Crippen molar-refractivity contribution in [2.45, 2.75) is 52.2 Å². The Balaban J connectivity index is 2.84. The third-order valence-corrected chi connectivity index (χ3v) is 3.19. The first-order valence-corrected chi connectivity index (χ1v) is 6.68. The predicted octanol–water partition coefficient (Wildman–Crippen LogP) is 3.25. The Kier molecular flexibility index (Phi) is 5.76. The summed E-state index contributed by atoms with van der Waals surface area (Å²) in [6.07, 6.45) is 5.91. The number of pyridine rings is 1. The third kappa shape index (κ3) is 4.75. The van der Waals surface area contributed by atoms with Crippen LogP contribution in [0, 0.1) is 6.92 Å². The lowest BCUT2D eigenvalue weighted by Gasteiger charge is -2.29. The Labute approximate surface area is 111 Å². The second-order valence-corrected chi connectivity index (χ2v) is 5.47. The van der Waals surface area contributed by atoms with Crippen molar-refractivity contribution in [1.82, 2.24) is 10.3 Å². The van der Waals surface area contributed by atoms with Crippen molar-refractivity contribution in [3.63, 3.8) is 0 Å². The maximum atomic E-state index is 5.54. The molecule has 0 saturated heterocycles. The van der Waals surface area contributed by atoms with Gasteiger partial charge in [-0.3, -0.25) is 4.98 Å². The second-order valence-electron chi connectivity index (χ2n) is 5.47. The van der Waals surface area contributed by atoms with E-state index in [1.54, 1.807) is 7.11 Å². The maximum absolute atomic E-state index is 5.54. The molecule has 0 fully saturated rings. The standard InChI is InChI=1S/C15H26N2O/c1-6-7-17-14(9-15(3,4)18-5)13-8-12(2)10-16-11-13/h8,10-11,14,17H,6-7,9H2,1-5H3. The fourth-order valence-electron chi connectivity index (χ4n) is 1.97. The van der Waals surface area contributed by atoms with Crippen molar-refractivity contribution in [3.8, 4) is 0 Å². The number of nitrogens with zero attached hydrogens (tertiary/aromatic N) is 1. The Morgan fingerprint density at radius 3 is 2.67 bits per heavy atom. The molecule has 1 heterocycles. The highest BCUT2D eigenvalue weighted by molar-refractivity contribution is 5.20. The zero-order chi connectivity index (χ0) is 13.6. The fraction of sp³-hybridized carbons (Fsp3) is 0.667. The summed E-state index contributed by atoms with van der Waals surface area (Å²) in [7, 11) is 1.77. The highest BCUT2D eigenvalue weighted by atomic mass is 16.5. The lowest BCUT2D eigenvalue weighted by molar-refractivity contribution is 0.00682. The third-order valence-electron chi connectivity index (χ3n) is 3.19. The summed E-state index contributed by atoms with van der Waals surface area (Å²) >= 11 is 0. The van der Waals surface area contributed by atoms with Crippen molar-refractivity contribution in [1.29, 1.82) is 0 Å². The van der Waals surface area contributed by atoms with Crippen LogP contribution in [0.25, 0.3) is 0 Å². The predicted molar refractivity (Wildman–Crippen MR) is 75.7 cm³/mol. The summed E-state index contributed by atoms with van der Waals surface area (Å²) in [5, 5.41) is 3.58. The van der Waals surface area contributed by atoms with Crippen LogP contribution in [0.4, 0.5) is 0 Å². The van der Waals surface area contributed by atoms with Gasteiger partial charge in [0.15, 0.2) is 0 Å². The van der Waals surface area contributed by atoms with Gasteiger partial charge in [0.05, 0.1) is 5.60 Å². The van der Waals surface area contributed by atoms with Gasteiger partial charge in [-0.1, -0.05) is 13.0 Å². The fourth-order valence-corrected chi connectivity index (χ4v) is 1.97. The highest BCUT2D eigenvalue weighted by Gasteiger charge is 2.23. The lowest BCUT2D eigenvalue weighted by atomic mass is 9.94. The Morgan fingerprint density at radius 2 is 2.11 bits per heavy atom. The normalized spacial score (nSPS) is 13.6. The summed E-state index contributed by atoms with van der Waals surface area (Å²) in [6.45, 7) is 9.51. The molecule has 102 valence electrons. The van der Waals surface area contributed by atoms with E-state index >= 15 is 0 Å². The first-order chi connectivity index (χ1) is 8.48. The van der Waals surface area contributed by atoms with Gasteiger partial charge in [-0.2, -0.15) is 0 Å². The van der Waals surface area contributed by atoms with Gasteiger partial charge in [0.25, 0.3) is 0 Å². The molecule has 0 aliphatic heterocycles. The first-order valence-electron chi connectivity index (χ1n) is 6.68. The topological polar surface area (TPSA) is 34.1 Å². The maximum Gasteiger partial charge on any atom is 0.0640 e. The van der Waals surface area contributed by atoms with Crippen molar-refractivity contribution in [3.05, 3.63) is 29.6 Å². The van der Waals surface area contributed by atoms with Gasteiger partial charge in [-0.05, 0) is 51.3 Å². The van der Waals surface area contributed by atoms with E-state index < -0.39 is 0 Å². The van der Waals surface area contributed by atoms with Crippen LogP contribution in [0.5, 0.6) is 0 Å². The molecule has 0 saturated carbocycles. The van der Waals surface area contributed by atoms with Gasteiger partial charge < -0.3 is 10.1 Å². The molecule has 1 aromatic heterocycles. The van der Waals surface area contributed by atoms with Crippen LogP contribution in [0.3, 0.4) is 0 Å². The molecule has 0 bridgehead atoms. The van der Waals surface area contributed by atoms with Gasteiger partial charge >= 0.3 is 0 Å². The molecule has 18 heavy (non-hydrogen) atoms. The minimum absolute atomic E-state index is 0.130. The number of aryl methyl sites for hydroxylation is 1. The van der Waals surface area contributed by atoms with E-state index in [0.717, 1.165) is 19.4 Å². The SMILES string of the molecule is CCCNC(CC(C)(C)OC)c1cncc(C)c1. The Morgan fingerprint density at radius 1 is 1.39 bits per heavy atom. The molecule has 0 amide bonds. The van der Waals surface area contributed by atoms with Gasteiger partial charge in [0, 0.05) is 25.5 Å². The molecule has 0 aliphatic carbocycles. The average Bonchev–Trinajstić information content (AvgIpc) is 2.34. The molecule has 1 N–H and O–H groups in total. The first kappa shape index (κ1) is 15.1. The molecule has 3 nitrogen and oxygen atoms in total. The number of nitrogens with one attached hydrogen (secondary N) is 1. The molecule has 1 unspecified atom stereocenters. The molecule has 1 atom stereocenters. The van der Waals surface area contributed by atoms with E-state index in [9.17, 15) is 0 Å². The number of rotatable bonds is 7. The Hall–Kier alpha value is -0.930. The summed E-state index contributed by atoms with van der Waals surface area (Å²) in [5.41, 5.74) is 2.31. The molecule has 1 aromatic rings. The van der Waals surface area contributed by atoms with Gasteiger partial charge in [-0.25, -0.2) is 0 Å². The van der Waals surface area contributed by atoms with Crippen molar-refractivity contribution in [2.75, 3.05) is 13.7 Å². The minimum atomic E-state index is -0.130. The van der Waals surface area contributed by atoms with E-state index in [1.807, 2.05) is 12.4 Å². The summed E-state index contributed by atoms with van der Waals surface area (Å²) in [4.78, 5) is 4.29.